The molecule has 0 saturated carbocycles. The monoisotopic (exact) mass is 243 g/mol. The van der Waals surface area contributed by atoms with E-state index >= 15 is 0 Å². The van der Waals surface area contributed by atoms with Crippen LogP contribution in [0.25, 0.3) is 0 Å². The summed E-state index contributed by atoms with van der Waals surface area (Å²) in [6.45, 7) is 4.37. The molecule has 1 rings (SSSR count). The summed E-state index contributed by atoms with van der Waals surface area (Å²) in [7, 11) is -2.95. The molecule has 0 saturated heterocycles. The molecule has 0 aliphatic rings. The van der Waals surface area contributed by atoms with Crippen LogP contribution in [0, 0.1) is 0 Å². The molecule has 5 nitrogen and oxygen atoms in total. The average Bonchev–Trinajstić information content (AvgIpc) is 2.26. The lowest BCUT2D eigenvalue weighted by Crippen LogP contribution is -2.27. The summed E-state index contributed by atoms with van der Waals surface area (Å²) in [4.78, 5) is 0. The van der Waals surface area contributed by atoms with E-state index in [9.17, 15) is 8.42 Å². The normalized spacial score (nSPS) is 11.9. The molecule has 6 heteroatoms. The second-order valence-corrected chi connectivity index (χ2v) is 6.48. The zero-order valence-corrected chi connectivity index (χ0v) is 10.4. The van der Waals surface area contributed by atoms with Crippen LogP contribution in [0.4, 0.5) is 0 Å². The number of sulfone groups is 1. The Hall–Kier alpha value is -1.01. The molecule has 1 N–H and O–H groups in total. The summed E-state index contributed by atoms with van der Waals surface area (Å²) in [5, 5.41) is 10.3. The van der Waals surface area contributed by atoms with Gasteiger partial charge in [0, 0.05) is 19.3 Å². The highest BCUT2D eigenvalue weighted by atomic mass is 32.2. The van der Waals surface area contributed by atoms with E-state index in [2.05, 4.69) is 15.5 Å². The van der Waals surface area contributed by atoms with Gasteiger partial charge in [-0.2, -0.15) is 10.2 Å². The van der Waals surface area contributed by atoms with Gasteiger partial charge in [0.05, 0.1) is 16.7 Å². The van der Waals surface area contributed by atoms with E-state index in [0.717, 1.165) is 5.69 Å². The van der Waals surface area contributed by atoms with Crippen molar-refractivity contribution in [3.05, 3.63) is 24.0 Å². The minimum Gasteiger partial charge on any atom is -0.310 e. The van der Waals surface area contributed by atoms with Gasteiger partial charge < -0.3 is 5.32 Å². The predicted octanol–water partition coefficient (Wildman–Crippen LogP) is 0.389. The minimum absolute atomic E-state index is 0.158. The molecular formula is C10H17N3O2S. The first-order valence-electron chi connectivity index (χ1n) is 5.21. The van der Waals surface area contributed by atoms with Crippen LogP contribution in [0.2, 0.25) is 0 Å². The summed E-state index contributed by atoms with van der Waals surface area (Å²) in [5.74, 6) is 0.158. The Balaban J connectivity index is 2.28. The van der Waals surface area contributed by atoms with Crippen LogP contribution in [0.5, 0.6) is 0 Å². The first-order chi connectivity index (χ1) is 7.52. The van der Waals surface area contributed by atoms with Gasteiger partial charge in [-0.05, 0) is 26.0 Å². The molecule has 1 aromatic rings. The number of aromatic nitrogens is 2. The molecule has 0 atom stereocenters. The number of rotatable bonds is 6. The molecular weight excluding hydrogens is 226 g/mol. The maximum Gasteiger partial charge on any atom is 0.153 e. The van der Waals surface area contributed by atoms with Crippen LogP contribution in [-0.2, 0) is 16.4 Å². The van der Waals surface area contributed by atoms with Crippen LogP contribution >= 0.6 is 0 Å². The fourth-order valence-electron chi connectivity index (χ4n) is 1.09. The quantitative estimate of drug-likeness (QED) is 0.732. The van der Waals surface area contributed by atoms with Gasteiger partial charge in [0.25, 0.3) is 0 Å². The SMILES string of the molecule is CC(C)S(=O)(=O)CCNCc1cccnn1. The molecule has 0 spiro atoms. The maximum atomic E-state index is 11.5. The summed E-state index contributed by atoms with van der Waals surface area (Å²) in [6, 6.07) is 3.64. The first-order valence-corrected chi connectivity index (χ1v) is 6.93. The van der Waals surface area contributed by atoms with Gasteiger partial charge >= 0.3 is 0 Å². The van der Waals surface area contributed by atoms with Crippen molar-refractivity contribution in [1.29, 1.82) is 0 Å². The number of hydrogen-bond donors (Lipinski definition) is 1. The van der Waals surface area contributed by atoms with Crippen LogP contribution < -0.4 is 5.32 Å². The lowest BCUT2D eigenvalue weighted by Gasteiger charge is -2.08. The Labute approximate surface area is 96.2 Å². The summed E-state index contributed by atoms with van der Waals surface area (Å²) >= 11 is 0. The Morgan fingerprint density at radius 3 is 2.75 bits per heavy atom. The molecule has 0 unspecified atom stereocenters. The molecule has 0 radical (unpaired) electrons. The van der Waals surface area contributed by atoms with E-state index in [1.54, 1.807) is 26.1 Å². The summed E-state index contributed by atoms with van der Waals surface area (Å²) in [6.07, 6.45) is 1.60. The van der Waals surface area contributed by atoms with Crippen LogP contribution in [0.15, 0.2) is 18.3 Å². The maximum absolute atomic E-state index is 11.5. The minimum atomic E-state index is -2.95. The van der Waals surface area contributed by atoms with Crippen molar-refractivity contribution in [2.45, 2.75) is 25.6 Å². The summed E-state index contributed by atoms with van der Waals surface area (Å²) < 4.78 is 22.9. The molecule has 0 fully saturated rings. The van der Waals surface area contributed by atoms with Gasteiger partial charge in [-0.25, -0.2) is 8.42 Å². The standard InChI is InChI=1S/C10H17N3O2S/c1-9(2)16(14,15)7-6-11-8-10-4-3-5-12-13-10/h3-5,9,11H,6-8H2,1-2H3. The Kier molecular flexibility index (Phi) is 4.82. The Bertz CT molecular complexity index is 403. The van der Waals surface area contributed by atoms with Crippen LogP contribution in [-0.4, -0.2) is 36.2 Å². The highest BCUT2D eigenvalue weighted by Crippen LogP contribution is 1.99. The highest BCUT2D eigenvalue weighted by Gasteiger charge is 2.14. The zero-order valence-electron chi connectivity index (χ0n) is 9.55. The van der Waals surface area contributed by atoms with Crippen LogP contribution in [0.1, 0.15) is 19.5 Å². The van der Waals surface area contributed by atoms with Crippen molar-refractivity contribution < 1.29 is 8.42 Å². The fraction of sp³-hybridized carbons (Fsp3) is 0.600. The third-order valence-corrected chi connectivity index (χ3v) is 4.42. The molecule has 0 aliphatic carbocycles. The lowest BCUT2D eigenvalue weighted by atomic mass is 10.4. The van der Waals surface area contributed by atoms with Gasteiger partial charge in [0.15, 0.2) is 9.84 Å². The van der Waals surface area contributed by atoms with Crippen molar-refractivity contribution in [2.75, 3.05) is 12.3 Å². The first kappa shape index (κ1) is 13.1. The van der Waals surface area contributed by atoms with E-state index in [0.29, 0.717) is 13.1 Å². The zero-order chi connectivity index (χ0) is 12.0. The second-order valence-electron chi connectivity index (χ2n) is 3.81. The second kappa shape index (κ2) is 5.91. The Morgan fingerprint density at radius 2 is 2.19 bits per heavy atom. The topological polar surface area (TPSA) is 72.0 Å². The Morgan fingerprint density at radius 1 is 1.44 bits per heavy atom. The van der Waals surface area contributed by atoms with Crippen molar-refractivity contribution >= 4 is 9.84 Å². The van der Waals surface area contributed by atoms with E-state index < -0.39 is 9.84 Å². The fourth-order valence-corrected chi connectivity index (χ4v) is 1.99. The van der Waals surface area contributed by atoms with Gasteiger partial charge in [-0.1, -0.05) is 0 Å². The molecule has 16 heavy (non-hydrogen) atoms. The molecule has 0 bridgehead atoms. The number of hydrogen-bond acceptors (Lipinski definition) is 5. The lowest BCUT2D eigenvalue weighted by molar-refractivity contribution is 0.581. The number of nitrogens with one attached hydrogen (secondary N) is 1. The largest absolute Gasteiger partial charge is 0.310 e. The van der Waals surface area contributed by atoms with Gasteiger partial charge in [0.2, 0.25) is 0 Å². The van der Waals surface area contributed by atoms with E-state index in [1.165, 1.54) is 0 Å². The average molecular weight is 243 g/mol. The summed E-state index contributed by atoms with van der Waals surface area (Å²) in [5.41, 5.74) is 0.810. The van der Waals surface area contributed by atoms with E-state index in [1.807, 2.05) is 6.07 Å². The van der Waals surface area contributed by atoms with Gasteiger partial charge in [0.1, 0.15) is 0 Å². The third kappa shape index (κ3) is 4.24. The van der Waals surface area contributed by atoms with Crippen molar-refractivity contribution in [3.63, 3.8) is 0 Å². The number of nitrogens with zero attached hydrogens (tertiary/aromatic N) is 2. The molecule has 90 valence electrons. The van der Waals surface area contributed by atoms with Gasteiger partial charge in [-0.3, -0.25) is 0 Å². The predicted molar refractivity (Wildman–Crippen MR) is 62.7 cm³/mol. The molecule has 1 heterocycles. The van der Waals surface area contributed by atoms with Crippen molar-refractivity contribution in [3.8, 4) is 0 Å². The molecule has 0 aromatic carbocycles. The molecule has 0 amide bonds. The van der Waals surface area contributed by atoms with Gasteiger partial charge in [-0.15, -0.1) is 0 Å². The van der Waals surface area contributed by atoms with Crippen molar-refractivity contribution in [2.24, 2.45) is 0 Å². The van der Waals surface area contributed by atoms with Crippen molar-refractivity contribution in [1.82, 2.24) is 15.5 Å². The molecule has 1 aromatic heterocycles. The van der Waals surface area contributed by atoms with Crippen LogP contribution in [0.3, 0.4) is 0 Å². The smallest absolute Gasteiger partial charge is 0.153 e. The van der Waals surface area contributed by atoms with E-state index in [-0.39, 0.29) is 11.0 Å². The van der Waals surface area contributed by atoms with E-state index in [4.69, 9.17) is 0 Å². The molecule has 0 aliphatic heterocycles. The third-order valence-electron chi connectivity index (χ3n) is 2.22. The highest BCUT2D eigenvalue weighted by molar-refractivity contribution is 7.92.